The van der Waals surface area contributed by atoms with Gasteiger partial charge in [-0.3, -0.25) is 9.69 Å². The summed E-state index contributed by atoms with van der Waals surface area (Å²) in [4.78, 5) is 28.9. The molecular formula is C21H29FN4O4S. The number of carbonyl (C=O) groups is 2. The van der Waals surface area contributed by atoms with Gasteiger partial charge in [0, 0.05) is 26.2 Å². The van der Waals surface area contributed by atoms with Crippen LogP contribution < -0.4 is 5.32 Å². The number of nitrogens with one attached hydrogen (secondary N) is 1. The molecule has 3 fully saturated rings. The Labute approximate surface area is 182 Å². The highest BCUT2D eigenvalue weighted by Gasteiger charge is 2.52. The fourth-order valence-electron chi connectivity index (χ4n) is 4.68. The molecular weight excluding hydrogens is 423 g/mol. The van der Waals surface area contributed by atoms with Crippen LogP contribution in [-0.2, 0) is 14.8 Å². The first-order valence-corrected chi connectivity index (χ1v) is 12.3. The van der Waals surface area contributed by atoms with Gasteiger partial charge in [0.1, 0.15) is 11.4 Å². The van der Waals surface area contributed by atoms with Crippen molar-refractivity contribution >= 4 is 22.0 Å². The Morgan fingerprint density at radius 3 is 2.42 bits per heavy atom. The molecule has 1 aromatic rings. The smallest absolute Gasteiger partial charge is 0.323 e. The highest BCUT2D eigenvalue weighted by molar-refractivity contribution is 7.89. The molecule has 0 atom stereocenters. The lowest BCUT2D eigenvalue weighted by molar-refractivity contribution is -0.134. The van der Waals surface area contributed by atoms with Gasteiger partial charge in [0.2, 0.25) is 10.0 Å². The number of benzene rings is 1. The van der Waals surface area contributed by atoms with Gasteiger partial charge in [-0.05, 0) is 62.3 Å². The molecule has 2 saturated heterocycles. The number of hydrogen-bond donors (Lipinski definition) is 1. The average Bonchev–Trinajstić information content (AvgIpc) is 2.90. The van der Waals surface area contributed by atoms with E-state index in [0.717, 1.165) is 25.0 Å². The zero-order valence-electron chi connectivity index (χ0n) is 17.7. The largest absolute Gasteiger partial charge is 0.326 e. The second kappa shape index (κ2) is 8.48. The molecule has 31 heavy (non-hydrogen) atoms. The number of sulfonamides is 1. The van der Waals surface area contributed by atoms with E-state index in [1.54, 1.807) is 0 Å². The van der Waals surface area contributed by atoms with Gasteiger partial charge in [0.15, 0.2) is 0 Å². The minimum absolute atomic E-state index is 0.0601. The molecule has 10 heteroatoms. The van der Waals surface area contributed by atoms with Crippen molar-refractivity contribution in [3.63, 3.8) is 0 Å². The van der Waals surface area contributed by atoms with Gasteiger partial charge in [-0.25, -0.2) is 22.5 Å². The third-order valence-corrected chi connectivity index (χ3v) is 8.63. The van der Waals surface area contributed by atoms with Crippen LogP contribution in [0.2, 0.25) is 0 Å². The number of rotatable bonds is 4. The van der Waals surface area contributed by atoms with E-state index in [-0.39, 0.29) is 30.0 Å². The summed E-state index contributed by atoms with van der Waals surface area (Å²) in [6, 6.07) is 4.45. The molecule has 1 N–H and O–H groups in total. The second-order valence-corrected chi connectivity index (χ2v) is 10.8. The molecule has 0 unspecified atom stereocenters. The average molecular weight is 453 g/mol. The van der Waals surface area contributed by atoms with E-state index in [4.69, 9.17) is 0 Å². The van der Waals surface area contributed by atoms with Crippen LogP contribution in [0.5, 0.6) is 0 Å². The number of halogens is 1. The minimum atomic E-state index is -3.72. The first-order chi connectivity index (χ1) is 14.7. The third kappa shape index (κ3) is 4.33. The zero-order valence-corrected chi connectivity index (χ0v) is 18.5. The number of hydrogen-bond acceptors (Lipinski definition) is 5. The quantitative estimate of drug-likeness (QED) is 0.706. The molecule has 0 bridgehead atoms. The zero-order chi connectivity index (χ0) is 22.2. The number of amides is 3. The van der Waals surface area contributed by atoms with Gasteiger partial charge >= 0.3 is 6.03 Å². The van der Waals surface area contributed by atoms with Crippen LogP contribution in [0.4, 0.5) is 9.18 Å². The molecule has 1 saturated carbocycles. The second-order valence-electron chi connectivity index (χ2n) is 8.90. The van der Waals surface area contributed by atoms with Crippen LogP contribution in [0.3, 0.4) is 0 Å². The minimum Gasteiger partial charge on any atom is -0.323 e. The maximum atomic E-state index is 13.2. The highest BCUT2D eigenvalue weighted by Crippen LogP contribution is 2.36. The van der Waals surface area contributed by atoms with E-state index >= 15 is 0 Å². The van der Waals surface area contributed by atoms with Crippen LogP contribution in [0, 0.1) is 11.7 Å². The van der Waals surface area contributed by atoms with Gasteiger partial charge in [0.25, 0.3) is 5.91 Å². The van der Waals surface area contributed by atoms with Crippen LogP contribution in [0.15, 0.2) is 29.2 Å². The summed E-state index contributed by atoms with van der Waals surface area (Å²) < 4.78 is 40.3. The Bertz CT molecular complexity index is 945. The van der Waals surface area contributed by atoms with Crippen molar-refractivity contribution in [3.05, 3.63) is 30.1 Å². The third-order valence-electron chi connectivity index (χ3n) is 6.71. The summed E-state index contributed by atoms with van der Waals surface area (Å²) in [5.74, 6) is -0.0896. The molecule has 2 heterocycles. The van der Waals surface area contributed by atoms with E-state index in [1.807, 2.05) is 4.90 Å². The van der Waals surface area contributed by atoms with E-state index in [0.29, 0.717) is 44.8 Å². The topological polar surface area (TPSA) is 90.0 Å². The lowest BCUT2D eigenvalue weighted by Crippen LogP contribution is -2.50. The predicted molar refractivity (Wildman–Crippen MR) is 112 cm³/mol. The Hall–Kier alpha value is -2.04. The van der Waals surface area contributed by atoms with E-state index in [1.165, 1.54) is 21.3 Å². The standard InChI is InChI=1S/C21H29FN4O4S/c1-16-7-9-21(10-8-16)19(27)26(20(28)23-21)15-24-11-2-12-25(14-13-24)31(29,30)18-5-3-17(22)4-6-18/h3-6,16H,2,7-15H2,1H3,(H,23,28). The van der Waals surface area contributed by atoms with Crippen molar-refractivity contribution in [2.45, 2.75) is 49.5 Å². The Morgan fingerprint density at radius 1 is 1.06 bits per heavy atom. The molecule has 4 rings (SSSR count). The van der Waals surface area contributed by atoms with Gasteiger partial charge in [0.05, 0.1) is 11.6 Å². The van der Waals surface area contributed by atoms with Gasteiger partial charge < -0.3 is 5.32 Å². The number of imide groups is 1. The molecule has 3 aliphatic rings. The summed E-state index contributed by atoms with van der Waals surface area (Å²) in [6.45, 7) is 3.88. The van der Waals surface area contributed by atoms with E-state index < -0.39 is 21.4 Å². The summed E-state index contributed by atoms with van der Waals surface area (Å²) in [5.41, 5.74) is -0.770. The monoisotopic (exact) mass is 452 g/mol. The lowest BCUT2D eigenvalue weighted by Gasteiger charge is -2.34. The van der Waals surface area contributed by atoms with Crippen molar-refractivity contribution in [1.82, 2.24) is 19.4 Å². The molecule has 1 spiro atoms. The summed E-state index contributed by atoms with van der Waals surface area (Å²) in [7, 11) is -3.72. The fraction of sp³-hybridized carbons (Fsp3) is 0.619. The molecule has 8 nitrogen and oxygen atoms in total. The molecule has 0 radical (unpaired) electrons. The van der Waals surface area contributed by atoms with Crippen LogP contribution >= 0.6 is 0 Å². The van der Waals surface area contributed by atoms with E-state index in [2.05, 4.69) is 12.2 Å². The van der Waals surface area contributed by atoms with Crippen LogP contribution in [-0.4, -0.2) is 72.8 Å². The van der Waals surface area contributed by atoms with Gasteiger partial charge in [-0.1, -0.05) is 6.92 Å². The van der Waals surface area contributed by atoms with Gasteiger partial charge in [-0.15, -0.1) is 0 Å². The molecule has 0 aromatic heterocycles. The maximum Gasteiger partial charge on any atom is 0.326 e. The summed E-state index contributed by atoms with van der Waals surface area (Å²) in [6.07, 6.45) is 3.74. The maximum absolute atomic E-state index is 13.2. The SMILES string of the molecule is CC1CCC2(CC1)NC(=O)N(CN1CCCN(S(=O)(=O)c3ccc(F)cc3)CC1)C2=O. The van der Waals surface area contributed by atoms with Crippen molar-refractivity contribution in [2.24, 2.45) is 5.92 Å². The van der Waals surface area contributed by atoms with Crippen molar-refractivity contribution in [1.29, 1.82) is 0 Å². The number of nitrogens with zero attached hydrogens (tertiary/aromatic N) is 3. The first kappa shape index (κ1) is 22.2. The van der Waals surface area contributed by atoms with E-state index in [9.17, 15) is 22.4 Å². The molecule has 2 aliphatic heterocycles. The summed E-state index contributed by atoms with van der Waals surface area (Å²) in [5, 5.41) is 2.93. The first-order valence-electron chi connectivity index (χ1n) is 10.8. The number of urea groups is 1. The molecule has 1 aromatic carbocycles. The molecule has 3 amide bonds. The summed E-state index contributed by atoms with van der Waals surface area (Å²) >= 11 is 0. The van der Waals surface area contributed by atoms with Gasteiger partial charge in [-0.2, -0.15) is 4.31 Å². The normalized spacial score (nSPS) is 28.7. The molecule has 1 aliphatic carbocycles. The number of carbonyl (C=O) groups excluding carboxylic acids is 2. The Morgan fingerprint density at radius 2 is 1.74 bits per heavy atom. The lowest BCUT2D eigenvalue weighted by atomic mass is 9.77. The fourth-order valence-corrected chi connectivity index (χ4v) is 6.15. The van der Waals surface area contributed by atoms with Crippen LogP contribution in [0.1, 0.15) is 39.0 Å². The van der Waals surface area contributed by atoms with Crippen LogP contribution in [0.25, 0.3) is 0 Å². The Kier molecular flexibility index (Phi) is 6.06. The molecule has 170 valence electrons. The van der Waals surface area contributed by atoms with Crippen molar-refractivity contribution in [2.75, 3.05) is 32.8 Å². The highest BCUT2D eigenvalue weighted by atomic mass is 32.2. The Balaban J connectivity index is 1.40. The van der Waals surface area contributed by atoms with Crippen molar-refractivity contribution in [3.8, 4) is 0 Å². The van der Waals surface area contributed by atoms with Crippen molar-refractivity contribution < 1.29 is 22.4 Å². The predicted octanol–water partition coefficient (Wildman–Crippen LogP) is 1.98.